The molecule has 0 saturated carbocycles. The zero-order chi connectivity index (χ0) is 21.9. The molecule has 1 atom stereocenters. The second-order valence-corrected chi connectivity index (χ2v) is 9.76. The topological polar surface area (TPSA) is 66.9 Å². The van der Waals surface area contributed by atoms with Crippen LogP contribution in [0.1, 0.15) is 43.7 Å². The van der Waals surface area contributed by atoms with Gasteiger partial charge < -0.3 is 5.32 Å². The Kier molecular flexibility index (Phi) is 4.65. The molecule has 0 radical (unpaired) electrons. The average Bonchev–Trinajstić information content (AvgIpc) is 3.04. The van der Waals surface area contributed by atoms with Gasteiger partial charge in [0.05, 0.1) is 21.3 Å². The molecule has 0 amide bonds. The number of nitrogens with zero attached hydrogens (tertiary/aromatic N) is 1. The molecule has 1 aliphatic heterocycles. The number of allylic oxidation sites excluding steroid dienone is 2. The molecule has 0 spiro atoms. The average molecular weight is 454 g/mol. The van der Waals surface area contributed by atoms with Crippen LogP contribution in [-0.2, 0) is 4.79 Å². The summed E-state index contributed by atoms with van der Waals surface area (Å²) >= 11 is 12.5. The highest BCUT2D eigenvalue weighted by Gasteiger charge is 2.43. The van der Waals surface area contributed by atoms with Crippen LogP contribution >= 0.6 is 23.2 Å². The summed E-state index contributed by atoms with van der Waals surface area (Å²) in [5.41, 5.74) is 3.14. The van der Waals surface area contributed by atoms with E-state index in [4.69, 9.17) is 23.2 Å². The third-order valence-electron chi connectivity index (χ3n) is 5.99. The Hall–Kier alpha value is -2.76. The maximum atomic E-state index is 13.6. The minimum atomic E-state index is -0.515. The SMILES string of the molecule is CC1(C)CC(=O)C2=C(C1)Nc1[nH]n(-c3ccccc3)c(=O)c1[C@@H]2c1ccc(Cl)c(Cl)c1. The first-order valence-electron chi connectivity index (χ1n) is 10.1. The van der Waals surface area contributed by atoms with Crippen LogP contribution in [0, 0.1) is 5.41 Å². The number of rotatable bonds is 2. The third-order valence-corrected chi connectivity index (χ3v) is 6.73. The van der Waals surface area contributed by atoms with Gasteiger partial charge in [-0.1, -0.05) is 61.3 Å². The summed E-state index contributed by atoms with van der Waals surface area (Å²) in [6.07, 6.45) is 1.14. The van der Waals surface area contributed by atoms with Crippen molar-refractivity contribution in [2.45, 2.75) is 32.6 Å². The van der Waals surface area contributed by atoms with Crippen molar-refractivity contribution < 1.29 is 4.79 Å². The lowest BCUT2D eigenvalue weighted by molar-refractivity contribution is -0.118. The van der Waals surface area contributed by atoms with Crippen molar-refractivity contribution in [1.82, 2.24) is 9.78 Å². The van der Waals surface area contributed by atoms with Gasteiger partial charge in [-0.25, -0.2) is 4.68 Å². The van der Waals surface area contributed by atoms with Gasteiger partial charge >= 0.3 is 0 Å². The first-order valence-corrected chi connectivity index (χ1v) is 10.9. The van der Waals surface area contributed by atoms with E-state index in [1.54, 1.807) is 12.1 Å². The maximum absolute atomic E-state index is 13.6. The first-order chi connectivity index (χ1) is 14.7. The number of aromatic nitrogens is 2. The number of halogens is 2. The van der Waals surface area contributed by atoms with E-state index in [1.807, 2.05) is 36.4 Å². The van der Waals surface area contributed by atoms with Crippen molar-refractivity contribution in [3.8, 4) is 5.69 Å². The summed E-state index contributed by atoms with van der Waals surface area (Å²) in [5.74, 6) is 0.139. The molecule has 2 N–H and O–H groups in total. The highest BCUT2D eigenvalue weighted by molar-refractivity contribution is 6.42. The molecule has 158 valence electrons. The predicted molar refractivity (Wildman–Crippen MR) is 123 cm³/mol. The number of fused-ring (bicyclic) bond motifs is 1. The fourth-order valence-corrected chi connectivity index (χ4v) is 4.98. The monoisotopic (exact) mass is 453 g/mol. The van der Waals surface area contributed by atoms with Gasteiger partial charge in [-0.3, -0.25) is 14.7 Å². The number of hydrogen-bond acceptors (Lipinski definition) is 3. The molecular formula is C24H21Cl2N3O2. The van der Waals surface area contributed by atoms with Crippen molar-refractivity contribution in [2.75, 3.05) is 5.32 Å². The largest absolute Gasteiger partial charge is 0.343 e. The normalized spacial score (nSPS) is 19.6. The second-order valence-electron chi connectivity index (χ2n) is 8.94. The minimum absolute atomic E-state index is 0.0485. The number of Topliss-reactive ketones (excluding diaryl/α,β-unsaturated/α-hetero) is 1. The summed E-state index contributed by atoms with van der Waals surface area (Å²) in [5, 5.41) is 7.40. The molecule has 0 unspecified atom stereocenters. The summed E-state index contributed by atoms with van der Waals surface area (Å²) in [6, 6.07) is 14.7. The Morgan fingerprint density at radius 1 is 1.00 bits per heavy atom. The van der Waals surface area contributed by atoms with Gasteiger partial charge in [-0.05, 0) is 41.7 Å². The van der Waals surface area contributed by atoms with Gasteiger partial charge in [0, 0.05) is 23.6 Å². The van der Waals surface area contributed by atoms with Gasteiger partial charge in [0.15, 0.2) is 5.78 Å². The molecular weight excluding hydrogens is 433 g/mol. The molecule has 1 aromatic heterocycles. The number of carbonyl (C=O) groups is 1. The zero-order valence-electron chi connectivity index (χ0n) is 17.1. The molecule has 3 aromatic rings. The van der Waals surface area contributed by atoms with E-state index in [9.17, 15) is 9.59 Å². The van der Waals surface area contributed by atoms with Crippen LogP contribution in [-0.4, -0.2) is 15.6 Å². The number of anilines is 1. The number of benzene rings is 2. The fourth-order valence-electron chi connectivity index (χ4n) is 4.67. The van der Waals surface area contributed by atoms with Crippen molar-refractivity contribution in [3.05, 3.63) is 91.3 Å². The summed E-state index contributed by atoms with van der Waals surface area (Å²) < 4.78 is 1.51. The standard InChI is InChI=1S/C24H21Cl2N3O2/c1-24(2)11-17-20(18(30)12-24)19(13-8-9-15(25)16(26)10-13)21-22(27-17)28-29(23(21)31)14-6-4-3-5-7-14/h3-10,19,27-28H,11-12H2,1-2H3/t19-/m1/s1. The van der Waals surface area contributed by atoms with Crippen LogP contribution in [0.15, 0.2) is 64.6 Å². The first kappa shape index (κ1) is 20.2. The Balaban J connectivity index is 1.76. The number of ketones is 1. The Morgan fingerprint density at radius 3 is 2.45 bits per heavy atom. The Morgan fingerprint density at radius 2 is 1.74 bits per heavy atom. The van der Waals surface area contributed by atoms with E-state index in [0.717, 1.165) is 16.9 Å². The van der Waals surface area contributed by atoms with Crippen LogP contribution in [0.2, 0.25) is 10.0 Å². The molecule has 7 heteroatoms. The lowest BCUT2D eigenvalue weighted by Gasteiger charge is -2.37. The molecule has 0 fully saturated rings. The highest BCUT2D eigenvalue weighted by atomic mass is 35.5. The van der Waals surface area contributed by atoms with Gasteiger partial charge in [0.1, 0.15) is 5.82 Å². The third kappa shape index (κ3) is 3.33. The molecule has 1 aliphatic carbocycles. The van der Waals surface area contributed by atoms with E-state index in [1.165, 1.54) is 4.68 Å². The number of para-hydroxylation sites is 1. The molecule has 2 aliphatic rings. The predicted octanol–water partition coefficient (Wildman–Crippen LogP) is 5.67. The lowest BCUT2D eigenvalue weighted by atomic mass is 9.69. The van der Waals surface area contributed by atoms with Gasteiger partial charge in [0.2, 0.25) is 0 Å². The molecule has 5 rings (SSSR count). The molecule has 0 bridgehead atoms. The number of carbonyl (C=O) groups excluding carboxylic acids is 1. The van der Waals surface area contributed by atoms with Crippen molar-refractivity contribution >= 4 is 34.8 Å². The smallest absolute Gasteiger partial charge is 0.277 e. The van der Waals surface area contributed by atoms with Crippen LogP contribution < -0.4 is 10.9 Å². The maximum Gasteiger partial charge on any atom is 0.277 e. The number of hydrogen-bond donors (Lipinski definition) is 2. The van der Waals surface area contributed by atoms with Gasteiger partial charge in [0.25, 0.3) is 5.56 Å². The summed E-state index contributed by atoms with van der Waals surface area (Å²) in [6.45, 7) is 4.16. The quantitative estimate of drug-likeness (QED) is 0.524. The Bertz CT molecular complexity index is 1300. The van der Waals surface area contributed by atoms with Crippen LogP contribution in [0.3, 0.4) is 0 Å². The fraction of sp³-hybridized carbons (Fsp3) is 0.250. The molecule has 31 heavy (non-hydrogen) atoms. The van der Waals surface area contributed by atoms with Crippen molar-refractivity contribution in [1.29, 1.82) is 0 Å². The highest BCUT2D eigenvalue weighted by Crippen LogP contribution is 2.48. The summed E-state index contributed by atoms with van der Waals surface area (Å²) in [7, 11) is 0. The molecule has 5 nitrogen and oxygen atoms in total. The van der Waals surface area contributed by atoms with E-state index in [2.05, 4.69) is 24.3 Å². The van der Waals surface area contributed by atoms with E-state index < -0.39 is 5.92 Å². The van der Waals surface area contributed by atoms with Crippen LogP contribution in [0.4, 0.5) is 5.82 Å². The zero-order valence-corrected chi connectivity index (χ0v) is 18.6. The Labute approximate surface area is 189 Å². The van der Waals surface area contributed by atoms with Crippen LogP contribution in [0.25, 0.3) is 5.69 Å². The number of aromatic amines is 1. The number of H-pyrrole nitrogens is 1. The number of nitrogens with one attached hydrogen (secondary N) is 2. The van der Waals surface area contributed by atoms with Crippen molar-refractivity contribution in [3.63, 3.8) is 0 Å². The molecule has 0 saturated heterocycles. The van der Waals surface area contributed by atoms with E-state index in [-0.39, 0.29) is 16.8 Å². The van der Waals surface area contributed by atoms with Gasteiger partial charge in [-0.2, -0.15) is 0 Å². The van der Waals surface area contributed by atoms with E-state index in [0.29, 0.717) is 39.8 Å². The summed E-state index contributed by atoms with van der Waals surface area (Å²) in [4.78, 5) is 26.9. The minimum Gasteiger partial charge on any atom is -0.343 e. The van der Waals surface area contributed by atoms with E-state index >= 15 is 0 Å². The van der Waals surface area contributed by atoms with Gasteiger partial charge in [-0.15, -0.1) is 0 Å². The van der Waals surface area contributed by atoms with Crippen LogP contribution in [0.5, 0.6) is 0 Å². The molecule has 2 heterocycles. The lowest BCUT2D eigenvalue weighted by Crippen LogP contribution is -2.35. The second kappa shape index (κ2) is 7.14. The molecule has 2 aromatic carbocycles. The van der Waals surface area contributed by atoms with Crippen molar-refractivity contribution in [2.24, 2.45) is 5.41 Å².